The van der Waals surface area contributed by atoms with Crippen LogP contribution in [-0.4, -0.2) is 34.4 Å². The molecular weight excluding hydrogens is 254 g/mol. The van der Waals surface area contributed by atoms with Crippen molar-refractivity contribution in [2.45, 2.75) is 19.6 Å². The Morgan fingerprint density at radius 2 is 2.37 bits per heavy atom. The van der Waals surface area contributed by atoms with E-state index in [1.54, 1.807) is 6.92 Å². The van der Waals surface area contributed by atoms with Crippen molar-refractivity contribution in [1.29, 1.82) is 0 Å². The van der Waals surface area contributed by atoms with E-state index in [2.05, 4.69) is 15.0 Å². The van der Waals surface area contributed by atoms with Crippen molar-refractivity contribution < 1.29 is 9.84 Å². The van der Waals surface area contributed by atoms with Crippen LogP contribution in [0, 0.1) is 6.92 Å². The molecular formula is C10H15N5O4. The first-order chi connectivity index (χ1) is 9.10. The van der Waals surface area contributed by atoms with Gasteiger partial charge in [0, 0.05) is 23.2 Å². The number of nitrogens with one attached hydrogen (secondary N) is 1. The number of hydrogen-bond donors (Lipinski definition) is 2. The van der Waals surface area contributed by atoms with Gasteiger partial charge in [0.25, 0.3) is 5.56 Å². The number of aromatic amines is 1. The van der Waals surface area contributed by atoms with Gasteiger partial charge in [-0.3, -0.25) is 14.3 Å². The molecule has 9 nitrogen and oxygen atoms in total. The van der Waals surface area contributed by atoms with E-state index in [1.165, 1.54) is 10.8 Å². The topological polar surface area (TPSA) is 133 Å². The number of nitrogens with zero attached hydrogens (tertiary/aromatic N) is 4. The van der Waals surface area contributed by atoms with Crippen LogP contribution in [0.25, 0.3) is 10.4 Å². The molecule has 1 aromatic rings. The Balaban J connectivity index is 3.01. The monoisotopic (exact) mass is 269 g/mol. The second kappa shape index (κ2) is 7.37. The molecule has 0 fully saturated rings. The number of aromatic nitrogens is 2. The molecule has 1 rings (SSSR count). The molecule has 0 aliphatic rings. The van der Waals surface area contributed by atoms with E-state index in [1.807, 2.05) is 0 Å². The van der Waals surface area contributed by atoms with Gasteiger partial charge < -0.3 is 9.84 Å². The van der Waals surface area contributed by atoms with E-state index in [9.17, 15) is 9.59 Å². The van der Waals surface area contributed by atoms with Gasteiger partial charge in [0.05, 0.1) is 13.2 Å². The summed E-state index contributed by atoms with van der Waals surface area (Å²) in [6, 6.07) is 0. The Labute approximate surface area is 108 Å². The Morgan fingerprint density at radius 3 is 3.00 bits per heavy atom. The third kappa shape index (κ3) is 4.25. The first-order valence-corrected chi connectivity index (χ1v) is 5.65. The highest BCUT2D eigenvalue weighted by Gasteiger charge is 2.13. The molecule has 0 aliphatic heterocycles. The highest BCUT2D eigenvalue weighted by molar-refractivity contribution is 5.01. The molecule has 1 heterocycles. The lowest BCUT2D eigenvalue weighted by atomic mass is 10.3. The number of ether oxygens (including phenoxy) is 1. The average Bonchev–Trinajstić information content (AvgIpc) is 2.38. The van der Waals surface area contributed by atoms with Crippen molar-refractivity contribution in [2.24, 2.45) is 5.11 Å². The summed E-state index contributed by atoms with van der Waals surface area (Å²) in [5.41, 5.74) is 7.51. The lowest BCUT2D eigenvalue weighted by Crippen LogP contribution is -2.34. The van der Waals surface area contributed by atoms with Crippen LogP contribution in [0.15, 0.2) is 20.9 Å². The SMILES string of the molecule is Cc1cn([C@@H](CCN=[N+]=[N-])OCCO)c(=O)[nH]c1=O. The fourth-order valence-electron chi connectivity index (χ4n) is 1.50. The molecule has 0 radical (unpaired) electrons. The predicted octanol–water partition coefficient (Wildman–Crippen LogP) is 0.0529. The molecule has 1 aromatic heterocycles. The van der Waals surface area contributed by atoms with E-state index < -0.39 is 17.5 Å². The van der Waals surface area contributed by atoms with Crippen LogP contribution in [0.5, 0.6) is 0 Å². The van der Waals surface area contributed by atoms with Crippen molar-refractivity contribution >= 4 is 0 Å². The van der Waals surface area contributed by atoms with Gasteiger partial charge in [-0.15, -0.1) is 0 Å². The van der Waals surface area contributed by atoms with Crippen molar-refractivity contribution in [3.05, 3.63) is 43.0 Å². The zero-order valence-corrected chi connectivity index (χ0v) is 10.4. The molecule has 0 saturated carbocycles. The summed E-state index contributed by atoms with van der Waals surface area (Å²) in [5, 5.41) is 12.1. The van der Waals surface area contributed by atoms with Gasteiger partial charge in [-0.2, -0.15) is 0 Å². The zero-order chi connectivity index (χ0) is 14.3. The van der Waals surface area contributed by atoms with Crippen LogP contribution >= 0.6 is 0 Å². The van der Waals surface area contributed by atoms with Gasteiger partial charge in [-0.25, -0.2) is 4.79 Å². The van der Waals surface area contributed by atoms with E-state index in [-0.39, 0.29) is 26.2 Å². The summed E-state index contributed by atoms with van der Waals surface area (Å²) in [6.07, 6.45) is 0.926. The smallest absolute Gasteiger partial charge is 0.330 e. The molecule has 0 saturated heterocycles. The summed E-state index contributed by atoms with van der Waals surface area (Å²) in [5.74, 6) is 0. The first kappa shape index (κ1) is 15.0. The van der Waals surface area contributed by atoms with Gasteiger partial charge in [0.2, 0.25) is 0 Å². The summed E-state index contributed by atoms with van der Waals surface area (Å²) in [7, 11) is 0. The molecule has 19 heavy (non-hydrogen) atoms. The Morgan fingerprint density at radius 1 is 1.63 bits per heavy atom. The van der Waals surface area contributed by atoms with Crippen LogP contribution in [0.3, 0.4) is 0 Å². The number of rotatable bonds is 7. The maximum atomic E-state index is 11.7. The second-order valence-electron chi connectivity index (χ2n) is 3.77. The fourth-order valence-corrected chi connectivity index (χ4v) is 1.50. The van der Waals surface area contributed by atoms with E-state index in [0.717, 1.165) is 0 Å². The third-order valence-electron chi connectivity index (χ3n) is 2.40. The number of hydrogen-bond acceptors (Lipinski definition) is 5. The van der Waals surface area contributed by atoms with Crippen molar-refractivity contribution in [1.82, 2.24) is 9.55 Å². The number of aryl methyl sites for hydroxylation is 1. The first-order valence-electron chi connectivity index (χ1n) is 5.65. The standard InChI is InChI=1S/C10H15N5O4/c1-7-6-15(10(18)13-9(7)17)8(19-5-4-16)2-3-12-14-11/h6,8,16H,2-5H2,1H3,(H,13,17,18)/t8-/m1/s1. The van der Waals surface area contributed by atoms with Crippen molar-refractivity contribution in [3.8, 4) is 0 Å². The maximum absolute atomic E-state index is 11.7. The molecule has 0 amide bonds. The summed E-state index contributed by atoms with van der Waals surface area (Å²) < 4.78 is 6.51. The summed E-state index contributed by atoms with van der Waals surface area (Å²) in [4.78, 5) is 27.7. The van der Waals surface area contributed by atoms with Gasteiger partial charge in [-0.05, 0) is 18.9 Å². The fraction of sp³-hybridized carbons (Fsp3) is 0.600. The van der Waals surface area contributed by atoms with Crippen LogP contribution in [-0.2, 0) is 4.74 Å². The Bertz CT molecular complexity index is 572. The molecule has 0 spiro atoms. The van der Waals surface area contributed by atoms with Crippen LogP contribution < -0.4 is 11.2 Å². The summed E-state index contributed by atoms with van der Waals surface area (Å²) >= 11 is 0. The maximum Gasteiger partial charge on any atom is 0.330 e. The van der Waals surface area contributed by atoms with Gasteiger partial charge >= 0.3 is 5.69 Å². The molecule has 0 aromatic carbocycles. The minimum absolute atomic E-state index is 0.0333. The molecule has 0 unspecified atom stereocenters. The normalized spacial score (nSPS) is 11.9. The lowest BCUT2D eigenvalue weighted by molar-refractivity contribution is -0.0214. The zero-order valence-electron chi connectivity index (χ0n) is 10.4. The summed E-state index contributed by atoms with van der Waals surface area (Å²) in [6.45, 7) is 1.53. The van der Waals surface area contributed by atoms with Crippen molar-refractivity contribution in [3.63, 3.8) is 0 Å². The van der Waals surface area contributed by atoms with E-state index >= 15 is 0 Å². The molecule has 0 bridgehead atoms. The van der Waals surface area contributed by atoms with Crippen LogP contribution in [0.1, 0.15) is 18.2 Å². The van der Waals surface area contributed by atoms with Gasteiger partial charge in [0.15, 0.2) is 0 Å². The second-order valence-corrected chi connectivity index (χ2v) is 3.77. The highest BCUT2D eigenvalue weighted by atomic mass is 16.5. The minimum atomic E-state index is -0.708. The molecule has 104 valence electrons. The largest absolute Gasteiger partial charge is 0.394 e. The van der Waals surface area contributed by atoms with Crippen LogP contribution in [0.4, 0.5) is 0 Å². The Hall–Kier alpha value is -2.09. The molecule has 9 heteroatoms. The number of H-pyrrole nitrogens is 1. The highest BCUT2D eigenvalue weighted by Crippen LogP contribution is 2.11. The lowest BCUT2D eigenvalue weighted by Gasteiger charge is -2.19. The third-order valence-corrected chi connectivity index (χ3v) is 2.40. The predicted molar refractivity (Wildman–Crippen MR) is 66.8 cm³/mol. The average molecular weight is 269 g/mol. The quantitative estimate of drug-likeness (QED) is 0.411. The molecule has 1 atom stereocenters. The Kier molecular flexibility index (Phi) is 5.80. The van der Waals surface area contributed by atoms with E-state index in [0.29, 0.717) is 5.56 Å². The number of azide groups is 1. The van der Waals surface area contributed by atoms with Gasteiger partial charge in [-0.1, -0.05) is 5.11 Å². The number of aliphatic hydroxyl groups excluding tert-OH is 1. The van der Waals surface area contributed by atoms with E-state index in [4.69, 9.17) is 15.4 Å². The molecule has 0 aliphatic carbocycles. The minimum Gasteiger partial charge on any atom is -0.394 e. The number of aliphatic hydroxyl groups is 1. The van der Waals surface area contributed by atoms with Crippen molar-refractivity contribution in [2.75, 3.05) is 19.8 Å². The van der Waals surface area contributed by atoms with Gasteiger partial charge in [0.1, 0.15) is 6.23 Å². The molecule has 2 N–H and O–H groups in total. The van der Waals surface area contributed by atoms with Crippen LogP contribution in [0.2, 0.25) is 0 Å².